The molecule has 0 saturated carbocycles. The molecule has 4 N–H and O–H groups in total. The lowest BCUT2D eigenvalue weighted by Crippen LogP contribution is -2.32. The van der Waals surface area contributed by atoms with E-state index < -0.39 is 10.0 Å². The van der Waals surface area contributed by atoms with Gasteiger partial charge < -0.3 is 11.5 Å². The lowest BCUT2D eigenvalue weighted by molar-refractivity contribution is 0.470. The molecule has 3 rings (SSSR count). The van der Waals surface area contributed by atoms with E-state index in [0.717, 1.165) is 5.56 Å². The van der Waals surface area contributed by atoms with Gasteiger partial charge in [-0.05, 0) is 11.6 Å². The standard InChI is InChI=1S/C15H17ClN4O2S/c16-11-6-14(15(18)19-7-11)23(21,22)20-8-12(13(17)9-20)10-4-2-1-3-5-10/h1-7,12-13H,8-9,17H2,(H2,18,19)/t12-,13+/m0/s1. The van der Waals surface area contributed by atoms with Crippen LogP contribution >= 0.6 is 11.6 Å². The van der Waals surface area contributed by atoms with Crippen LogP contribution in [0.4, 0.5) is 5.82 Å². The predicted octanol–water partition coefficient (Wildman–Crippen LogP) is 1.43. The molecule has 6 nitrogen and oxygen atoms in total. The van der Waals surface area contributed by atoms with Crippen molar-refractivity contribution in [3.05, 3.63) is 53.2 Å². The quantitative estimate of drug-likeness (QED) is 0.870. The Kier molecular flexibility index (Phi) is 4.29. The second-order valence-corrected chi connectivity index (χ2v) is 7.88. The molecule has 0 amide bonds. The highest BCUT2D eigenvalue weighted by atomic mass is 35.5. The fraction of sp³-hybridized carbons (Fsp3) is 0.267. The van der Waals surface area contributed by atoms with Crippen LogP contribution in [0.25, 0.3) is 0 Å². The van der Waals surface area contributed by atoms with Crippen LogP contribution in [0.15, 0.2) is 47.5 Å². The van der Waals surface area contributed by atoms with Crippen molar-refractivity contribution in [3.8, 4) is 0 Å². The maximum atomic E-state index is 12.8. The van der Waals surface area contributed by atoms with Crippen LogP contribution in [0.5, 0.6) is 0 Å². The highest BCUT2D eigenvalue weighted by Gasteiger charge is 2.39. The Hall–Kier alpha value is -1.67. The number of rotatable bonds is 3. The van der Waals surface area contributed by atoms with Gasteiger partial charge in [-0.15, -0.1) is 0 Å². The van der Waals surface area contributed by atoms with Crippen molar-refractivity contribution in [2.75, 3.05) is 18.8 Å². The van der Waals surface area contributed by atoms with Crippen LogP contribution < -0.4 is 11.5 Å². The van der Waals surface area contributed by atoms with E-state index in [0.29, 0.717) is 6.54 Å². The summed E-state index contributed by atoms with van der Waals surface area (Å²) in [6.45, 7) is 0.535. The van der Waals surface area contributed by atoms with Gasteiger partial charge >= 0.3 is 0 Å². The Balaban J connectivity index is 1.92. The first-order valence-electron chi connectivity index (χ1n) is 7.11. The first kappa shape index (κ1) is 16.2. The third-order valence-corrected chi connectivity index (χ3v) is 6.09. The SMILES string of the molecule is Nc1ncc(Cl)cc1S(=O)(=O)N1C[C@@H](N)[C@H](c2ccccc2)C1. The number of nitrogens with zero attached hydrogens (tertiary/aromatic N) is 2. The smallest absolute Gasteiger partial charge is 0.246 e. The molecule has 1 aliphatic rings. The molecule has 1 aromatic carbocycles. The van der Waals surface area contributed by atoms with Crippen LogP contribution in [0.1, 0.15) is 11.5 Å². The predicted molar refractivity (Wildman–Crippen MR) is 89.6 cm³/mol. The van der Waals surface area contributed by atoms with Gasteiger partial charge in [-0.1, -0.05) is 41.9 Å². The molecule has 23 heavy (non-hydrogen) atoms. The molecule has 0 bridgehead atoms. The molecule has 2 aromatic rings. The molecule has 8 heteroatoms. The number of sulfonamides is 1. The van der Waals surface area contributed by atoms with E-state index in [1.807, 2.05) is 30.3 Å². The van der Waals surface area contributed by atoms with E-state index >= 15 is 0 Å². The van der Waals surface area contributed by atoms with Crippen LogP contribution in [0, 0.1) is 0 Å². The van der Waals surface area contributed by atoms with Gasteiger partial charge in [0.15, 0.2) is 0 Å². The molecule has 0 unspecified atom stereocenters. The molecule has 1 aliphatic heterocycles. The van der Waals surface area contributed by atoms with Gasteiger partial charge in [0.25, 0.3) is 0 Å². The van der Waals surface area contributed by atoms with Crippen molar-refractivity contribution in [3.63, 3.8) is 0 Å². The number of anilines is 1. The second-order valence-electron chi connectivity index (χ2n) is 5.54. The average Bonchev–Trinajstić information content (AvgIpc) is 2.93. The fourth-order valence-corrected chi connectivity index (χ4v) is 4.64. The van der Waals surface area contributed by atoms with Crippen LogP contribution in [0.2, 0.25) is 5.02 Å². The zero-order valence-electron chi connectivity index (χ0n) is 12.3. The number of nitrogens with two attached hydrogens (primary N) is 2. The maximum absolute atomic E-state index is 12.8. The van der Waals surface area contributed by atoms with Crippen molar-refractivity contribution in [1.29, 1.82) is 0 Å². The van der Waals surface area contributed by atoms with Crippen molar-refractivity contribution < 1.29 is 8.42 Å². The summed E-state index contributed by atoms with van der Waals surface area (Å²) in [6.07, 6.45) is 1.32. The Labute approximate surface area is 140 Å². The number of hydrogen-bond donors (Lipinski definition) is 2. The minimum absolute atomic E-state index is 0.0562. The van der Waals surface area contributed by atoms with Crippen LogP contribution in [-0.2, 0) is 10.0 Å². The van der Waals surface area contributed by atoms with Crippen molar-refractivity contribution in [2.24, 2.45) is 5.73 Å². The molecule has 2 atom stereocenters. The third-order valence-electron chi connectivity index (χ3n) is 4.03. The fourth-order valence-electron chi connectivity index (χ4n) is 2.82. The number of nitrogen functional groups attached to an aromatic ring is 1. The molecule has 2 heterocycles. The number of halogens is 1. The van der Waals surface area contributed by atoms with Gasteiger partial charge in [0.1, 0.15) is 10.7 Å². The molecule has 122 valence electrons. The second kappa shape index (κ2) is 6.09. The van der Waals surface area contributed by atoms with Crippen molar-refractivity contribution in [1.82, 2.24) is 9.29 Å². The molecular weight excluding hydrogens is 336 g/mol. The number of pyridine rings is 1. The van der Waals surface area contributed by atoms with Gasteiger partial charge in [-0.25, -0.2) is 13.4 Å². The first-order valence-corrected chi connectivity index (χ1v) is 8.93. The Morgan fingerprint density at radius 3 is 2.61 bits per heavy atom. The summed E-state index contributed by atoms with van der Waals surface area (Å²) in [7, 11) is -3.78. The minimum atomic E-state index is -3.78. The zero-order chi connectivity index (χ0) is 16.6. The highest BCUT2D eigenvalue weighted by molar-refractivity contribution is 7.89. The monoisotopic (exact) mass is 352 g/mol. The Morgan fingerprint density at radius 2 is 1.91 bits per heavy atom. The van der Waals surface area contributed by atoms with E-state index in [-0.39, 0.29) is 34.2 Å². The molecular formula is C15H17ClN4O2S. The zero-order valence-corrected chi connectivity index (χ0v) is 13.8. The van der Waals surface area contributed by atoms with Gasteiger partial charge in [0.2, 0.25) is 10.0 Å². The van der Waals surface area contributed by atoms with Gasteiger partial charge in [-0.2, -0.15) is 4.31 Å². The largest absolute Gasteiger partial charge is 0.383 e. The van der Waals surface area contributed by atoms with E-state index in [1.54, 1.807) is 0 Å². The minimum Gasteiger partial charge on any atom is -0.383 e. The summed E-state index contributed by atoms with van der Waals surface area (Å²) in [5.74, 6) is -0.120. The third kappa shape index (κ3) is 3.05. The first-order chi connectivity index (χ1) is 10.9. The number of hydrogen-bond acceptors (Lipinski definition) is 5. The lowest BCUT2D eigenvalue weighted by Gasteiger charge is -2.17. The lowest BCUT2D eigenvalue weighted by atomic mass is 9.95. The van der Waals surface area contributed by atoms with Crippen LogP contribution in [-0.4, -0.2) is 36.8 Å². The maximum Gasteiger partial charge on any atom is 0.246 e. The van der Waals surface area contributed by atoms with E-state index in [1.165, 1.54) is 16.6 Å². The average molecular weight is 353 g/mol. The summed E-state index contributed by atoms with van der Waals surface area (Å²) in [6, 6.07) is 10.7. The van der Waals surface area contributed by atoms with Crippen molar-refractivity contribution >= 4 is 27.4 Å². The summed E-state index contributed by atoms with van der Waals surface area (Å²) in [5, 5.41) is 0.223. The Morgan fingerprint density at radius 1 is 1.22 bits per heavy atom. The van der Waals surface area contributed by atoms with Gasteiger partial charge in [0, 0.05) is 31.2 Å². The molecule has 1 saturated heterocycles. The number of aromatic nitrogens is 1. The summed E-state index contributed by atoms with van der Waals surface area (Å²) < 4.78 is 27.0. The molecule has 0 radical (unpaired) electrons. The Bertz CT molecular complexity index is 813. The molecule has 0 aliphatic carbocycles. The molecule has 0 spiro atoms. The highest BCUT2D eigenvalue weighted by Crippen LogP contribution is 2.32. The van der Waals surface area contributed by atoms with E-state index in [9.17, 15) is 8.42 Å². The van der Waals surface area contributed by atoms with E-state index in [4.69, 9.17) is 23.1 Å². The van der Waals surface area contributed by atoms with Gasteiger partial charge in [-0.3, -0.25) is 0 Å². The van der Waals surface area contributed by atoms with Crippen molar-refractivity contribution in [2.45, 2.75) is 16.9 Å². The molecule has 1 aromatic heterocycles. The van der Waals surface area contributed by atoms with E-state index in [2.05, 4.69) is 4.98 Å². The summed E-state index contributed by atoms with van der Waals surface area (Å²) in [4.78, 5) is 3.74. The van der Waals surface area contributed by atoms with Crippen LogP contribution in [0.3, 0.4) is 0 Å². The summed E-state index contributed by atoms with van der Waals surface area (Å²) >= 11 is 5.86. The number of benzene rings is 1. The normalized spacial score (nSPS) is 22.3. The molecule has 1 fully saturated rings. The summed E-state index contributed by atoms with van der Waals surface area (Å²) in [5.41, 5.74) is 12.9. The topological polar surface area (TPSA) is 102 Å². The van der Waals surface area contributed by atoms with Gasteiger partial charge in [0.05, 0.1) is 5.02 Å².